The minimum Gasteiger partial charge on any atom is -0.508 e. The quantitative estimate of drug-likeness (QED) is 0.776. The van der Waals surface area contributed by atoms with E-state index in [0.717, 1.165) is 12.0 Å². The minimum atomic E-state index is 0.339. The van der Waals surface area contributed by atoms with Crippen molar-refractivity contribution >= 4 is 0 Å². The third-order valence-corrected chi connectivity index (χ3v) is 5.95. The van der Waals surface area contributed by atoms with Gasteiger partial charge in [0, 0.05) is 0 Å². The van der Waals surface area contributed by atoms with Crippen molar-refractivity contribution in [3.05, 3.63) is 58.7 Å². The van der Waals surface area contributed by atoms with Crippen LogP contribution in [0.4, 0.5) is 0 Å². The Hall–Kier alpha value is -1.96. The molecule has 2 aromatic carbocycles. The standard InChI is InChI=1S/C21H24O2/c1-13-10-15-11-19(14-6-8-16(22)9-7-14)17-4-2-3-5-18(17)20(15)12-21(13)23/h6-10,12,17-19,22-23H,2-5,11H2,1H3. The zero-order chi connectivity index (χ0) is 16.0. The highest BCUT2D eigenvalue weighted by Crippen LogP contribution is 2.52. The maximum atomic E-state index is 10.2. The minimum absolute atomic E-state index is 0.339. The predicted octanol–water partition coefficient (Wildman–Crippen LogP) is 5.02. The fourth-order valence-electron chi connectivity index (χ4n) is 4.80. The molecule has 2 heteroatoms. The number of phenols is 2. The Morgan fingerprint density at radius 1 is 0.913 bits per heavy atom. The van der Waals surface area contributed by atoms with E-state index in [-0.39, 0.29) is 0 Å². The molecule has 120 valence electrons. The smallest absolute Gasteiger partial charge is 0.118 e. The van der Waals surface area contributed by atoms with E-state index in [4.69, 9.17) is 0 Å². The Labute approximate surface area is 137 Å². The molecule has 2 aromatic rings. The number of hydrogen-bond acceptors (Lipinski definition) is 2. The molecule has 2 N–H and O–H groups in total. The van der Waals surface area contributed by atoms with Gasteiger partial charge in [0.2, 0.25) is 0 Å². The van der Waals surface area contributed by atoms with E-state index in [0.29, 0.717) is 29.3 Å². The molecule has 3 atom stereocenters. The summed E-state index contributed by atoms with van der Waals surface area (Å²) in [5.74, 6) is 2.53. The average Bonchev–Trinajstić information content (AvgIpc) is 2.56. The molecule has 0 amide bonds. The molecule has 23 heavy (non-hydrogen) atoms. The summed E-state index contributed by atoms with van der Waals surface area (Å²) in [7, 11) is 0. The monoisotopic (exact) mass is 308 g/mol. The molecule has 0 saturated heterocycles. The summed E-state index contributed by atoms with van der Waals surface area (Å²) in [6, 6.07) is 12.0. The van der Waals surface area contributed by atoms with Crippen molar-refractivity contribution in [3.63, 3.8) is 0 Å². The first kappa shape index (κ1) is 14.6. The predicted molar refractivity (Wildman–Crippen MR) is 92.1 cm³/mol. The van der Waals surface area contributed by atoms with Gasteiger partial charge in [0.25, 0.3) is 0 Å². The van der Waals surface area contributed by atoms with E-state index < -0.39 is 0 Å². The lowest BCUT2D eigenvalue weighted by Crippen LogP contribution is -2.30. The molecular formula is C21H24O2. The van der Waals surface area contributed by atoms with Gasteiger partial charge in [-0.15, -0.1) is 0 Å². The fourth-order valence-corrected chi connectivity index (χ4v) is 4.80. The molecule has 0 heterocycles. The highest BCUT2D eigenvalue weighted by Gasteiger charge is 2.39. The largest absolute Gasteiger partial charge is 0.508 e. The summed E-state index contributed by atoms with van der Waals surface area (Å²) in [6.45, 7) is 1.98. The SMILES string of the molecule is Cc1cc2c(cc1O)C1CCCCC1C(c1ccc(O)cc1)C2. The molecule has 0 bridgehead atoms. The van der Waals surface area contributed by atoms with Crippen LogP contribution in [-0.2, 0) is 6.42 Å². The summed E-state index contributed by atoms with van der Waals surface area (Å²) in [6.07, 6.45) is 6.14. The van der Waals surface area contributed by atoms with Crippen molar-refractivity contribution in [1.29, 1.82) is 0 Å². The Kier molecular flexibility index (Phi) is 3.56. The number of aryl methyl sites for hydroxylation is 1. The number of benzene rings is 2. The van der Waals surface area contributed by atoms with Gasteiger partial charge in [0.15, 0.2) is 0 Å². The molecule has 4 rings (SSSR count). The van der Waals surface area contributed by atoms with Gasteiger partial charge in [-0.3, -0.25) is 0 Å². The fraction of sp³-hybridized carbons (Fsp3) is 0.429. The molecular weight excluding hydrogens is 284 g/mol. The molecule has 0 aliphatic heterocycles. The van der Waals surface area contributed by atoms with E-state index in [9.17, 15) is 10.2 Å². The van der Waals surface area contributed by atoms with Gasteiger partial charge in [0.1, 0.15) is 11.5 Å². The van der Waals surface area contributed by atoms with Crippen molar-refractivity contribution < 1.29 is 10.2 Å². The molecule has 3 unspecified atom stereocenters. The van der Waals surface area contributed by atoms with Gasteiger partial charge < -0.3 is 10.2 Å². The first-order valence-electron chi connectivity index (χ1n) is 8.75. The summed E-state index contributed by atoms with van der Waals surface area (Å²) >= 11 is 0. The van der Waals surface area contributed by atoms with Crippen molar-refractivity contribution in [1.82, 2.24) is 0 Å². The molecule has 2 nitrogen and oxygen atoms in total. The van der Waals surface area contributed by atoms with Crippen molar-refractivity contribution in [3.8, 4) is 11.5 Å². The van der Waals surface area contributed by atoms with Crippen molar-refractivity contribution in [2.45, 2.75) is 50.9 Å². The van der Waals surface area contributed by atoms with Crippen molar-refractivity contribution in [2.24, 2.45) is 5.92 Å². The Morgan fingerprint density at radius 2 is 1.65 bits per heavy atom. The second kappa shape index (κ2) is 5.59. The zero-order valence-electron chi connectivity index (χ0n) is 13.6. The second-order valence-electron chi connectivity index (χ2n) is 7.29. The third kappa shape index (κ3) is 2.50. The number of phenolic OH excluding ortho intramolecular Hbond substituents is 2. The maximum Gasteiger partial charge on any atom is 0.118 e. The average molecular weight is 308 g/mol. The lowest BCUT2D eigenvalue weighted by atomic mass is 9.61. The van der Waals surface area contributed by atoms with Gasteiger partial charge in [-0.25, -0.2) is 0 Å². The lowest BCUT2D eigenvalue weighted by Gasteiger charge is -2.43. The van der Waals surface area contributed by atoms with Crippen LogP contribution >= 0.6 is 0 Å². The number of rotatable bonds is 1. The lowest BCUT2D eigenvalue weighted by molar-refractivity contribution is 0.242. The number of fused-ring (bicyclic) bond motifs is 3. The maximum absolute atomic E-state index is 10.2. The summed E-state index contributed by atoms with van der Waals surface area (Å²) < 4.78 is 0. The van der Waals surface area contributed by atoms with Gasteiger partial charge in [-0.1, -0.05) is 31.0 Å². The van der Waals surface area contributed by atoms with Crippen LogP contribution in [0.25, 0.3) is 0 Å². The highest BCUT2D eigenvalue weighted by molar-refractivity contribution is 5.47. The van der Waals surface area contributed by atoms with E-state index in [1.807, 2.05) is 25.1 Å². The normalized spacial score (nSPS) is 26.4. The summed E-state index contributed by atoms with van der Waals surface area (Å²) in [5, 5.41) is 19.7. The van der Waals surface area contributed by atoms with Crippen LogP contribution in [-0.4, -0.2) is 10.2 Å². The zero-order valence-corrected chi connectivity index (χ0v) is 13.6. The second-order valence-corrected chi connectivity index (χ2v) is 7.29. The van der Waals surface area contributed by atoms with Gasteiger partial charge >= 0.3 is 0 Å². The Bertz CT molecular complexity index is 717. The first-order chi connectivity index (χ1) is 11.1. The highest BCUT2D eigenvalue weighted by atomic mass is 16.3. The first-order valence-corrected chi connectivity index (χ1v) is 8.75. The summed E-state index contributed by atoms with van der Waals surface area (Å²) in [5.41, 5.74) is 5.10. The molecule has 1 saturated carbocycles. The molecule has 0 aromatic heterocycles. The van der Waals surface area contributed by atoms with Gasteiger partial charge in [0.05, 0.1) is 0 Å². The van der Waals surface area contributed by atoms with E-state index in [2.05, 4.69) is 18.2 Å². The van der Waals surface area contributed by atoms with Gasteiger partial charge in [-0.05, 0) is 84.4 Å². The Morgan fingerprint density at radius 3 is 2.43 bits per heavy atom. The topological polar surface area (TPSA) is 40.5 Å². The van der Waals surface area contributed by atoms with Crippen LogP contribution in [0.2, 0.25) is 0 Å². The van der Waals surface area contributed by atoms with Crippen LogP contribution in [0, 0.1) is 12.8 Å². The van der Waals surface area contributed by atoms with E-state index in [1.165, 1.54) is 42.4 Å². The van der Waals surface area contributed by atoms with Crippen LogP contribution < -0.4 is 0 Å². The third-order valence-electron chi connectivity index (χ3n) is 5.95. The van der Waals surface area contributed by atoms with E-state index in [1.54, 1.807) is 0 Å². The summed E-state index contributed by atoms with van der Waals surface area (Å²) in [4.78, 5) is 0. The molecule has 0 radical (unpaired) electrons. The van der Waals surface area contributed by atoms with Crippen LogP contribution in [0.3, 0.4) is 0 Å². The van der Waals surface area contributed by atoms with E-state index >= 15 is 0 Å². The van der Waals surface area contributed by atoms with Gasteiger partial charge in [-0.2, -0.15) is 0 Å². The molecule has 0 spiro atoms. The molecule has 2 aliphatic rings. The van der Waals surface area contributed by atoms with Crippen LogP contribution in [0.1, 0.15) is 59.8 Å². The molecule has 1 fully saturated rings. The Balaban J connectivity index is 1.79. The molecule has 2 aliphatic carbocycles. The van der Waals surface area contributed by atoms with Crippen molar-refractivity contribution in [2.75, 3.05) is 0 Å². The van der Waals surface area contributed by atoms with Crippen LogP contribution in [0.5, 0.6) is 11.5 Å². The number of aromatic hydroxyl groups is 2. The number of hydrogen-bond donors (Lipinski definition) is 2. The van der Waals surface area contributed by atoms with Crippen LogP contribution in [0.15, 0.2) is 36.4 Å².